The summed E-state index contributed by atoms with van der Waals surface area (Å²) in [5, 5.41) is 2.16. The Hall–Kier alpha value is -3.37. The molecule has 0 saturated carbocycles. The predicted molar refractivity (Wildman–Crippen MR) is 109 cm³/mol. The number of aliphatic imine (C=N–C) groups is 1. The van der Waals surface area contributed by atoms with E-state index >= 15 is 0 Å². The van der Waals surface area contributed by atoms with Crippen LogP contribution < -0.4 is 10.4 Å². The van der Waals surface area contributed by atoms with Crippen molar-refractivity contribution in [2.24, 2.45) is 4.99 Å². The molecule has 4 rings (SSSR count). The van der Waals surface area contributed by atoms with Gasteiger partial charge in [0.1, 0.15) is 5.70 Å². The summed E-state index contributed by atoms with van der Waals surface area (Å²) in [5.74, 6) is 0.384. The molecule has 1 heterocycles. The van der Waals surface area contributed by atoms with Gasteiger partial charge in [-0.2, -0.15) is 0 Å². The molecule has 0 fully saturated rings. The summed E-state index contributed by atoms with van der Waals surface area (Å²) in [6, 6.07) is 26.4. The zero-order chi connectivity index (χ0) is 18.6. The highest BCUT2D eigenvalue weighted by Crippen LogP contribution is 2.22. The second-order valence-electron chi connectivity index (χ2n) is 6.00. The van der Waals surface area contributed by atoms with Crippen molar-refractivity contribution in [3.8, 4) is 0 Å². The standard InChI is InChI=1S/C22H16ClN3O/c23-18-13-11-16(12-14-18)15-20-22(27)26(19-9-5-2-6-10-19)25-21(24-20)17-7-3-1-4-8-17/h1-15H,(H,24,25). The summed E-state index contributed by atoms with van der Waals surface area (Å²) in [6.07, 6.45) is 1.76. The normalized spacial score (nSPS) is 15.4. The molecule has 132 valence electrons. The van der Waals surface area contributed by atoms with E-state index in [4.69, 9.17) is 11.6 Å². The van der Waals surface area contributed by atoms with Crippen LogP contribution in [0.3, 0.4) is 0 Å². The van der Waals surface area contributed by atoms with Crippen LogP contribution in [0.25, 0.3) is 6.08 Å². The zero-order valence-electron chi connectivity index (χ0n) is 14.3. The molecule has 0 unspecified atom stereocenters. The number of nitrogens with zero attached hydrogens (tertiary/aromatic N) is 2. The van der Waals surface area contributed by atoms with Crippen molar-refractivity contribution in [2.75, 3.05) is 5.01 Å². The number of hydrogen-bond donors (Lipinski definition) is 1. The number of para-hydroxylation sites is 1. The van der Waals surface area contributed by atoms with Gasteiger partial charge in [0.2, 0.25) is 0 Å². The maximum atomic E-state index is 13.0. The Morgan fingerprint density at radius 1 is 0.852 bits per heavy atom. The number of halogens is 1. The number of amidine groups is 1. The van der Waals surface area contributed by atoms with Crippen LogP contribution in [0.15, 0.2) is 95.6 Å². The van der Waals surface area contributed by atoms with E-state index < -0.39 is 0 Å². The van der Waals surface area contributed by atoms with E-state index in [0.717, 1.165) is 16.8 Å². The summed E-state index contributed by atoms with van der Waals surface area (Å²) in [4.78, 5) is 17.6. The van der Waals surface area contributed by atoms with Gasteiger partial charge in [0.15, 0.2) is 5.84 Å². The number of benzene rings is 3. The second kappa shape index (κ2) is 7.48. The highest BCUT2D eigenvalue weighted by Gasteiger charge is 2.27. The molecule has 0 aromatic heterocycles. The SMILES string of the molecule is O=C1C(=Cc2ccc(Cl)cc2)N=C(c2ccccc2)NN1c1ccccc1. The number of carbonyl (C=O) groups excluding carboxylic acids is 1. The minimum absolute atomic E-state index is 0.226. The smallest absolute Gasteiger partial charge is 0.274 e. The van der Waals surface area contributed by atoms with E-state index in [2.05, 4.69) is 10.4 Å². The van der Waals surface area contributed by atoms with E-state index in [-0.39, 0.29) is 5.91 Å². The maximum Gasteiger partial charge on any atom is 0.295 e. The number of rotatable bonds is 3. The van der Waals surface area contributed by atoms with Gasteiger partial charge < -0.3 is 0 Å². The monoisotopic (exact) mass is 373 g/mol. The van der Waals surface area contributed by atoms with E-state index in [0.29, 0.717) is 16.6 Å². The topological polar surface area (TPSA) is 44.7 Å². The fourth-order valence-electron chi connectivity index (χ4n) is 2.76. The van der Waals surface area contributed by atoms with Gasteiger partial charge in [0, 0.05) is 10.6 Å². The molecule has 0 atom stereocenters. The first kappa shape index (κ1) is 17.1. The molecule has 3 aromatic rings. The molecule has 0 aliphatic carbocycles. The Balaban J connectivity index is 1.79. The molecule has 0 spiro atoms. The largest absolute Gasteiger partial charge is 0.295 e. The fraction of sp³-hybridized carbons (Fsp3) is 0. The van der Waals surface area contributed by atoms with E-state index in [1.165, 1.54) is 5.01 Å². The minimum atomic E-state index is -0.226. The number of hydrazine groups is 1. The fourth-order valence-corrected chi connectivity index (χ4v) is 2.89. The highest BCUT2D eigenvalue weighted by molar-refractivity contribution is 6.30. The van der Waals surface area contributed by atoms with Gasteiger partial charge in [-0.05, 0) is 35.9 Å². The van der Waals surface area contributed by atoms with Gasteiger partial charge in [-0.3, -0.25) is 10.2 Å². The third kappa shape index (κ3) is 3.76. The molecule has 0 bridgehead atoms. The molecular weight excluding hydrogens is 358 g/mol. The molecule has 1 aliphatic heterocycles. The van der Waals surface area contributed by atoms with Crippen LogP contribution in [-0.2, 0) is 4.79 Å². The average molecular weight is 374 g/mol. The summed E-state index contributed by atoms with van der Waals surface area (Å²) < 4.78 is 0. The third-order valence-electron chi connectivity index (χ3n) is 4.11. The molecule has 1 aliphatic rings. The lowest BCUT2D eigenvalue weighted by atomic mass is 10.1. The van der Waals surface area contributed by atoms with Crippen LogP contribution in [0, 0.1) is 0 Å². The van der Waals surface area contributed by atoms with Gasteiger partial charge >= 0.3 is 0 Å². The predicted octanol–water partition coefficient (Wildman–Crippen LogP) is 4.68. The van der Waals surface area contributed by atoms with Crippen LogP contribution in [0.5, 0.6) is 0 Å². The van der Waals surface area contributed by atoms with Crippen LogP contribution in [0.2, 0.25) is 5.02 Å². The lowest BCUT2D eigenvalue weighted by Crippen LogP contribution is -2.50. The lowest BCUT2D eigenvalue weighted by Gasteiger charge is -2.29. The number of nitrogens with one attached hydrogen (secondary N) is 1. The first-order chi connectivity index (χ1) is 13.2. The Morgan fingerprint density at radius 2 is 1.48 bits per heavy atom. The van der Waals surface area contributed by atoms with Crippen molar-refractivity contribution in [3.63, 3.8) is 0 Å². The third-order valence-corrected chi connectivity index (χ3v) is 4.36. The Kier molecular flexibility index (Phi) is 4.73. The molecule has 3 aromatic carbocycles. The summed E-state index contributed by atoms with van der Waals surface area (Å²) in [7, 11) is 0. The molecule has 4 nitrogen and oxygen atoms in total. The van der Waals surface area contributed by atoms with Crippen molar-refractivity contribution in [3.05, 3.63) is 107 Å². The second-order valence-corrected chi connectivity index (χ2v) is 6.43. The van der Waals surface area contributed by atoms with Gasteiger partial charge in [0.25, 0.3) is 5.91 Å². The quantitative estimate of drug-likeness (QED) is 0.677. The molecule has 1 amide bonds. The number of hydrogen-bond acceptors (Lipinski definition) is 3. The maximum absolute atomic E-state index is 13.0. The molecule has 0 radical (unpaired) electrons. The number of amides is 1. The lowest BCUT2D eigenvalue weighted by molar-refractivity contribution is -0.115. The molecule has 0 saturated heterocycles. The van der Waals surface area contributed by atoms with E-state index in [9.17, 15) is 4.79 Å². The van der Waals surface area contributed by atoms with Gasteiger partial charge in [-0.25, -0.2) is 10.0 Å². The van der Waals surface area contributed by atoms with Crippen LogP contribution in [0.1, 0.15) is 11.1 Å². The average Bonchev–Trinajstić information content (AvgIpc) is 2.72. The Morgan fingerprint density at radius 3 is 2.15 bits per heavy atom. The highest BCUT2D eigenvalue weighted by atomic mass is 35.5. The van der Waals surface area contributed by atoms with Crippen molar-refractivity contribution in [1.29, 1.82) is 0 Å². The molecular formula is C22H16ClN3O. The summed E-state index contributed by atoms with van der Waals surface area (Å²) >= 11 is 5.96. The Labute approximate surface area is 162 Å². The van der Waals surface area contributed by atoms with Crippen molar-refractivity contribution in [2.45, 2.75) is 0 Å². The molecule has 5 heteroatoms. The van der Waals surface area contributed by atoms with Gasteiger partial charge in [-0.1, -0.05) is 72.3 Å². The zero-order valence-corrected chi connectivity index (χ0v) is 15.1. The van der Waals surface area contributed by atoms with Crippen molar-refractivity contribution in [1.82, 2.24) is 5.43 Å². The van der Waals surface area contributed by atoms with Crippen LogP contribution in [0.4, 0.5) is 5.69 Å². The van der Waals surface area contributed by atoms with Crippen LogP contribution >= 0.6 is 11.6 Å². The van der Waals surface area contributed by atoms with Crippen LogP contribution in [-0.4, -0.2) is 11.7 Å². The minimum Gasteiger partial charge on any atom is -0.274 e. The first-order valence-electron chi connectivity index (χ1n) is 8.48. The van der Waals surface area contributed by atoms with Crippen molar-refractivity contribution >= 4 is 35.1 Å². The van der Waals surface area contributed by atoms with Gasteiger partial charge in [-0.15, -0.1) is 0 Å². The first-order valence-corrected chi connectivity index (χ1v) is 8.86. The summed E-state index contributed by atoms with van der Waals surface area (Å²) in [6.45, 7) is 0. The number of anilines is 1. The molecule has 1 N–H and O–H groups in total. The van der Waals surface area contributed by atoms with E-state index in [1.54, 1.807) is 18.2 Å². The van der Waals surface area contributed by atoms with E-state index in [1.807, 2.05) is 72.8 Å². The van der Waals surface area contributed by atoms with Gasteiger partial charge in [0.05, 0.1) is 5.69 Å². The van der Waals surface area contributed by atoms with Crippen molar-refractivity contribution < 1.29 is 4.79 Å². The Bertz CT molecular complexity index is 1010. The molecule has 27 heavy (non-hydrogen) atoms. The number of carbonyl (C=O) groups is 1. The summed E-state index contributed by atoms with van der Waals surface area (Å²) in [5.41, 5.74) is 5.97.